The summed E-state index contributed by atoms with van der Waals surface area (Å²) in [5.74, 6) is 0.412. The molecule has 0 unspecified atom stereocenters. The number of nitrogens with zero attached hydrogens (tertiary/aromatic N) is 1. The molecule has 0 aliphatic carbocycles. The zero-order chi connectivity index (χ0) is 30.9. The Bertz CT molecular complexity index is 1690. The fraction of sp³-hybridized carbons (Fsp3) is 0.171. The summed E-state index contributed by atoms with van der Waals surface area (Å²) in [6, 6.07) is 29.2. The molecule has 1 aliphatic rings. The molecule has 9 heteroatoms. The minimum atomic E-state index is -0.507. The number of rotatable bonds is 10. The van der Waals surface area contributed by atoms with Gasteiger partial charge in [-0.25, -0.2) is 0 Å². The number of anilines is 2. The maximum Gasteiger partial charge on any atom is 0.272 e. The third-order valence-electron chi connectivity index (χ3n) is 7.11. The largest absolute Gasteiger partial charge is 0.493 e. The Morgan fingerprint density at radius 3 is 2.43 bits per heavy atom. The molecule has 0 atom stereocenters. The molecule has 0 saturated heterocycles. The van der Waals surface area contributed by atoms with E-state index in [1.54, 1.807) is 61.7 Å². The molecule has 44 heavy (non-hydrogen) atoms. The van der Waals surface area contributed by atoms with Crippen molar-refractivity contribution >= 4 is 46.9 Å². The third kappa shape index (κ3) is 7.48. The van der Waals surface area contributed by atoms with Gasteiger partial charge in [0.2, 0.25) is 5.91 Å². The number of para-hydroxylation sites is 1. The molecule has 4 aromatic carbocycles. The first kappa shape index (κ1) is 30.4. The van der Waals surface area contributed by atoms with Crippen LogP contribution in [0.5, 0.6) is 11.5 Å². The Morgan fingerprint density at radius 2 is 1.64 bits per heavy atom. The van der Waals surface area contributed by atoms with E-state index in [4.69, 9.17) is 9.47 Å². The molecule has 4 aromatic rings. The highest BCUT2D eigenvalue weighted by molar-refractivity contribution is 8.00. The maximum atomic E-state index is 13.5. The van der Waals surface area contributed by atoms with Gasteiger partial charge in [-0.3, -0.25) is 14.4 Å². The fourth-order valence-electron chi connectivity index (χ4n) is 4.93. The maximum absolute atomic E-state index is 13.5. The van der Waals surface area contributed by atoms with Crippen LogP contribution < -0.4 is 25.0 Å². The third-order valence-corrected chi connectivity index (χ3v) is 8.09. The number of aryl methyl sites for hydroxylation is 1. The van der Waals surface area contributed by atoms with Crippen LogP contribution in [0.3, 0.4) is 0 Å². The predicted molar refractivity (Wildman–Crippen MR) is 174 cm³/mol. The Kier molecular flexibility index (Phi) is 9.99. The first-order valence-electron chi connectivity index (χ1n) is 14.2. The standard InChI is InChI=1S/C35H33N3O5S/c1-42-31-18-17-24(21-32(31)43-2)20-29(37-34(40)26-11-4-3-5-12-26)35(41)36-27-14-8-15-28(22-27)44-23-33(39)38-19-9-13-25-10-6-7-16-30(25)38/h3-8,10-12,14-18,20-22H,9,13,19,23H2,1-2H3,(H,36,41)(H,37,40)/b29-20-. The molecule has 2 N–H and O–H groups in total. The molecule has 0 aromatic heterocycles. The van der Waals surface area contributed by atoms with E-state index in [0.29, 0.717) is 34.9 Å². The zero-order valence-corrected chi connectivity index (χ0v) is 25.4. The van der Waals surface area contributed by atoms with Gasteiger partial charge in [0.1, 0.15) is 5.70 Å². The van der Waals surface area contributed by atoms with E-state index in [2.05, 4.69) is 16.7 Å². The summed E-state index contributed by atoms with van der Waals surface area (Å²) in [5.41, 5.74) is 3.79. The second-order valence-electron chi connectivity index (χ2n) is 10.0. The van der Waals surface area contributed by atoms with E-state index in [-0.39, 0.29) is 17.4 Å². The van der Waals surface area contributed by atoms with Gasteiger partial charge in [0, 0.05) is 28.4 Å². The van der Waals surface area contributed by atoms with Gasteiger partial charge < -0.3 is 25.0 Å². The monoisotopic (exact) mass is 607 g/mol. The molecule has 0 spiro atoms. The molecule has 0 saturated carbocycles. The number of fused-ring (bicyclic) bond motifs is 1. The van der Waals surface area contributed by atoms with Crippen LogP contribution in [-0.4, -0.2) is 44.2 Å². The lowest BCUT2D eigenvalue weighted by atomic mass is 10.0. The van der Waals surface area contributed by atoms with E-state index < -0.39 is 11.8 Å². The number of benzene rings is 4. The van der Waals surface area contributed by atoms with Crippen molar-refractivity contribution in [2.24, 2.45) is 0 Å². The first-order chi connectivity index (χ1) is 21.4. The van der Waals surface area contributed by atoms with Crippen LogP contribution in [0, 0.1) is 0 Å². The van der Waals surface area contributed by atoms with E-state index in [1.165, 1.54) is 24.4 Å². The minimum absolute atomic E-state index is 0.0420. The summed E-state index contributed by atoms with van der Waals surface area (Å²) in [7, 11) is 3.07. The molecule has 0 bridgehead atoms. The van der Waals surface area contributed by atoms with Crippen molar-refractivity contribution in [1.82, 2.24) is 5.32 Å². The summed E-state index contributed by atoms with van der Waals surface area (Å²) in [6.45, 7) is 0.705. The summed E-state index contributed by atoms with van der Waals surface area (Å²) < 4.78 is 10.7. The number of thioether (sulfide) groups is 1. The van der Waals surface area contributed by atoms with Crippen LogP contribution in [0.2, 0.25) is 0 Å². The molecular weight excluding hydrogens is 574 g/mol. The van der Waals surface area contributed by atoms with Crippen molar-refractivity contribution in [2.45, 2.75) is 17.7 Å². The molecule has 1 heterocycles. The number of carbonyl (C=O) groups is 3. The Morgan fingerprint density at radius 1 is 0.864 bits per heavy atom. The van der Waals surface area contributed by atoms with Crippen LogP contribution in [0.25, 0.3) is 6.08 Å². The number of ether oxygens (including phenoxy) is 2. The molecule has 3 amide bonds. The second kappa shape index (κ2) is 14.4. The van der Waals surface area contributed by atoms with Crippen LogP contribution in [0.4, 0.5) is 11.4 Å². The van der Waals surface area contributed by atoms with Crippen LogP contribution >= 0.6 is 11.8 Å². The van der Waals surface area contributed by atoms with E-state index in [9.17, 15) is 14.4 Å². The lowest BCUT2D eigenvalue weighted by Gasteiger charge is -2.29. The van der Waals surface area contributed by atoms with E-state index in [0.717, 1.165) is 23.4 Å². The predicted octanol–water partition coefficient (Wildman–Crippen LogP) is 6.18. The normalized spacial score (nSPS) is 12.6. The van der Waals surface area contributed by atoms with Gasteiger partial charge in [-0.2, -0.15) is 0 Å². The molecule has 0 radical (unpaired) electrons. The number of amides is 3. The van der Waals surface area contributed by atoms with Crippen LogP contribution in [0.15, 0.2) is 108 Å². The number of nitrogens with one attached hydrogen (secondary N) is 2. The van der Waals surface area contributed by atoms with E-state index in [1.807, 2.05) is 47.4 Å². The number of hydrogen-bond acceptors (Lipinski definition) is 6. The lowest BCUT2D eigenvalue weighted by molar-refractivity contribution is -0.116. The Balaban J connectivity index is 1.31. The molecule has 1 aliphatic heterocycles. The van der Waals surface area contributed by atoms with Crippen molar-refractivity contribution in [3.05, 3.63) is 119 Å². The molecule has 5 rings (SSSR count). The topological polar surface area (TPSA) is 97.0 Å². The van der Waals surface area contributed by atoms with Crippen molar-refractivity contribution in [1.29, 1.82) is 0 Å². The minimum Gasteiger partial charge on any atom is -0.493 e. The van der Waals surface area contributed by atoms with Gasteiger partial charge in [0.25, 0.3) is 11.8 Å². The van der Waals surface area contributed by atoms with Crippen molar-refractivity contribution in [2.75, 3.05) is 36.7 Å². The number of hydrogen-bond donors (Lipinski definition) is 2. The second-order valence-corrected chi connectivity index (χ2v) is 11.1. The van der Waals surface area contributed by atoms with Crippen LogP contribution in [-0.2, 0) is 16.0 Å². The summed E-state index contributed by atoms with van der Waals surface area (Å²) in [4.78, 5) is 42.4. The Hall–Kier alpha value is -5.02. The molecule has 0 fully saturated rings. The highest BCUT2D eigenvalue weighted by Crippen LogP contribution is 2.30. The summed E-state index contributed by atoms with van der Waals surface area (Å²) >= 11 is 1.41. The summed E-state index contributed by atoms with van der Waals surface area (Å²) in [6.07, 6.45) is 3.49. The SMILES string of the molecule is COc1ccc(/C=C(\NC(=O)c2ccccc2)C(=O)Nc2cccc(SCC(=O)N3CCCc4ccccc43)c2)cc1OC. The molecular formula is C35H33N3O5S. The van der Waals surface area contributed by atoms with E-state index >= 15 is 0 Å². The fourth-order valence-corrected chi connectivity index (χ4v) is 5.76. The van der Waals surface area contributed by atoms with Gasteiger partial charge in [-0.1, -0.05) is 48.5 Å². The highest BCUT2D eigenvalue weighted by Gasteiger charge is 2.22. The number of methoxy groups -OCH3 is 2. The summed E-state index contributed by atoms with van der Waals surface area (Å²) in [5, 5.41) is 5.64. The van der Waals surface area contributed by atoms with Gasteiger partial charge in [-0.05, 0) is 78.6 Å². The van der Waals surface area contributed by atoms with Gasteiger partial charge in [0.05, 0.1) is 20.0 Å². The smallest absolute Gasteiger partial charge is 0.272 e. The highest BCUT2D eigenvalue weighted by atomic mass is 32.2. The first-order valence-corrected chi connectivity index (χ1v) is 15.2. The average Bonchev–Trinajstić information content (AvgIpc) is 3.07. The quantitative estimate of drug-likeness (QED) is 0.165. The van der Waals surface area contributed by atoms with Gasteiger partial charge in [0.15, 0.2) is 11.5 Å². The molecule has 8 nitrogen and oxygen atoms in total. The van der Waals surface area contributed by atoms with Gasteiger partial charge >= 0.3 is 0 Å². The zero-order valence-electron chi connectivity index (χ0n) is 24.5. The van der Waals surface area contributed by atoms with Crippen molar-refractivity contribution < 1.29 is 23.9 Å². The van der Waals surface area contributed by atoms with Crippen molar-refractivity contribution in [3.63, 3.8) is 0 Å². The van der Waals surface area contributed by atoms with Gasteiger partial charge in [-0.15, -0.1) is 11.8 Å². The van der Waals surface area contributed by atoms with Crippen molar-refractivity contribution in [3.8, 4) is 11.5 Å². The average molecular weight is 608 g/mol. The lowest BCUT2D eigenvalue weighted by Crippen LogP contribution is -2.36. The Labute approximate surface area is 261 Å². The number of carbonyl (C=O) groups excluding carboxylic acids is 3. The van der Waals surface area contributed by atoms with Crippen LogP contribution in [0.1, 0.15) is 27.9 Å². The molecule has 224 valence electrons.